The molecule has 0 aromatic heterocycles. The van der Waals surface area contributed by atoms with E-state index in [9.17, 15) is 4.79 Å². The molecule has 1 fully saturated rings. The summed E-state index contributed by atoms with van der Waals surface area (Å²) >= 11 is 0. The Hall–Kier alpha value is -0.610. The lowest BCUT2D eigenvalue weighted by Gasteiger charge is -2.26. The van der Waals surface area contributed by atoms with E-state index < -0.39 is 0 Å². The summed E-state index contributed by atoms with van der Waals surface area (Å²) in [6, 6.07) is 0. The fraction of sp³-hybridized carbons (Fsp3) is 0.933. The minimum Gasteiger partial charge on any atom is -0.344 e. The van der Waals surface area contributed by atoms with Crippen LogP contribution in [-0.4, -0.2) is 55.5 Å². The molecule has 1 amide bonds. The first-order chi connectivity index (χ1) is 8.94. The van der Waals surface area contributed by atoms with Crippen molar-refractivity contribution < 1.29 is 4.79 Å². The van der Waals surface area contributed by atoms with Crippen molar-refractivity contribution in [2.75, 3.05) is 39.8 Å². The van der Waals surface area contributed by atoms with Gasteiger partial charge in [-0.1, -0.05) is 13.8 Å². The van der Waals surface area contributed by atoms with Gasteiger partial charge >= 0.3 is 0 Å². The summed E-state index contributed by atoms with van der Waals surface area (Å²) < 4.78 is 0. The maximum absolute atomic E-state index is 12.1. The summed E-state index contributed by atoms with van der Waals surface area (Å²) in [6.45, 7) is 9.36. The third kappa shape index (κ3) is 6.39. The largest absolute Gasteiger partial charge is 0.344 e. The topological polar surface area (TPSA) is 49.6 Å². The Morgan fingerprint density at radius 2 is 1.89 bits per heavy atom. The third-order valence-corrected chi connectivity index (χ3v) is 4.21. The second kappa shape index (κ2) is 7.85. The van der Waals surface area contributed by atoms with Gasteiger partial charge in [0.2, 0.25) is 5.91 Å². The Labute approximate surface area is 118 Å². The van der Waals surface area contributed by atoms with E-state index in [1.54, 1.807) is 0 Å². The van der Waals surface area contributed by atoms with Crippen molar-refractivity contribution in [3.8, 4) is 0 Å². The second-order valence-corrected chi connectivity index (χ2v) is 6.57. The van der Waals surface area contributed by atoms with Gasteiger partial charge in [-0.2, -0.15) is 0 Å². The molecule has 1 aliphatic rings. The summed E-state index contributed by atoms with van der Waals surface area (Å²) in [7, 11) is 1.92. The number of hydrogen-bond acceptors (Lipinski definition) is 3. The summed E-state index contributed by atoms with van der Waals surface area (Å²) in [6.07, 6.45) is 5.17. The Bertz CT molecular complexity index is 273. The van der Waals surface area contributed by atoms with Crippen LogP contribution in [0.3, 0.4) is 0 Å². The molecule has 19 heavy (non-hydrogen) atoms. The first-order valence-corrected chi connectivity index (χ1v) is 7.61. The molecule has 0 aromatic rings. The normalized spacial score (nSPS) is 16.8. The van der Waals surface area contributed by atoms with Gasteiger partial charge in [-0.15, -0.1) is 0 Å². The molecule has 0 aromatic carbocycles. The van der Waals surface area contributed by atoms with Crippen LogP contribution in [0, 0.1) is 5.41 Å². The monoisotopic (exact) mass is 269 g/mol. The summed E-state index contributed by atoms with van der Waals surface area (Å²) in [5.41, 5.74) is 5.78. The van der Waals surface area contributed by atoms with Crippen LogP contribution in [0.2, 0.25) is 0 Å². The molecule has 4 nitrogen and oxygen atoms in total. The van der Waals surface area contributed by atoms with Gasteiger partial charge in [-0.05, 0) is 50.7 Å². The number of nitrogens with zero attached hydrogens (tertiary/aromatic N) is 2. The van der Waals surface area contributed by atoms with Gasteiger partial charge < -0.3 is 15.5 Å². The molecule has 0 atom stereocenters. The van der Waals surface area contributed by atoms with Gasteiger partial charge in [0.15, 0.2) is 0 Å². The second-order valence-electron chi connectivity index (χ2n) is 6.57. The zero-order valence-corrected chi connectivity index (χ0v) is 13.0. The highest BCUT2D eigenvalue weighted by molar-refractivity contribution is 5.75. The predicted molar refractivity (Wildman–Crippen MR) is 80.0 cm³/mol. The van der Waals surface area contributed by atoms with Gasteiger partial charge in [0, 0.05) is 26.6 Å². The van der Waals surface area contributed by atoms with Crippen LogP contribution >= 0.6 is 0 Å². The van der Waals surface area contributed by atoms with E-state index in [0.717, 1.165) is 25.9 Å². The lowest BCUT2D eigenvalue weighted by atomic mass is 9.84. The zero-order valence-electron chi connectivity index (χ0n) is 13.0. The molecule has 2 N–H and O–H groups in total. The van der Waals surface area contributed by atoms with Crippen LogP contribution in [0.1, 0.15) is 46.0 Å². The maximum Gasteiger partial charge on any atom is 0.222 e. The van der Waals surface area contributed by atoms with Crippen molar-refractivity contribution in [3.05, 3.63) is 0 Å². The lowest BCUT2D eigenvalue weighted by Crippen LogP contribution is -2.35. The van der Waals surface area contributed by atoms with E-state index in [1.165, 1.54) is 25.9 Å². The maximum atomic E-state index is 12.1. The molecule has 0 saturated carbocycles. The quantitative estimate of drug-likeness (QED) is 0.729. The average Bonchev–Trinajstić information content (AvgIpc) is 2.86. The van der Waals surface area contributed by atoms with Crippen LogP contribution in [0.4, 0.5) is 0 Å². The highest BCUT2D eigenvalue weighted by atomic mass is 16.2. The smallest absolute Gasteiger partial charge is 0.222 e. The van der Waals surface area contributed by atoms with Crippen molar-refractivity contribution in [2.45, 2.75) is 46.0 Å². The van der Waals surface area contributed by atoms with E-state index in [1.807, 2.05) is 11.9 Å². The van der Waals surface area contributed by atoms with E-state index in [0.29, 0.717) is 13.0 Å². The summed E-state index contributed by atoms with van der Waals surface area (Å²) in [5.74, 6) is 0.268. The highest BCUT2D eigenvalue weighted by Gasteiger charge is 2.20. The van der Waals surface area contributed by atoms with Gasteiger partial charge in [-0.3, -0.25) is 4.79 Å². The van der Waals surface area contributed by atoms with Crippen molar-refractivity contribution in [3.63, 3.8) is 0 Å². The fourth-order valence-corrected chi connectivity index (χ4v) is 2.57. The van der Waals surface area contributed by atoms with Gasteiger partial charge in [-0.25, -0.2) is 0 Å². The summed E-state index contributed by atoms with van der Waals surface area (Å²) in [5, 5.41) is 0. The number of likely N-dealkylation sites (tertiary alicyclic amines) is 1. The lowest BCUT2D eigenvalue weighted by molar-refractivity contribution is -0.130. The number of rotatable bonds is 8. The highest BCUT2D eigenvalue weighted by Crippen LogP contribution is 2.26. The molecule has 0 unspecified atom stereocenters. The molecule has 1 heterocycles. The van der Waals surface area contributed by atoms with Crippen molar-refractivity contribution in [1.29, 1.82) is 0 Å². The van der Waals surface area contributed by atoms with Gasteiger partial charge in [0.25, 0.3) is 0 Å². The van der Waals surface area contributed by atoms with E-state index in [4.69, 9.17) is 5.73 Å². The van der Waals surface area contributed by atoms with Crippen molar-refractivity contribution in [1.82, 2.24) is 9.80 Å². The predicted octanol–water partition coefficient (Wildman–Crippen LogP) is 1.70. The molecule has 1 aliphatic heterocycles. The van der Waals surface area contributed by atoms with Crippen LogP contribution < -0.4 is 5.73 Å². The molecular weight excluding hydrogens is 238 g/mol. The number of amides is 1. The molecule has 0 radical (unpaired) electrons. The van der Waals surface area contributed by atoms with Crippen molar-refractivity contribution in [2.24, 2.45) is 11.1 Å². The first-order valence-electron chi connectivity index (χ1n) is 7.61. The molecule has 1 saturated heterocycles. The first kappa shape index (κ1) is 16.4. The molecule has 112 valence electrons. The molecular formula is C15H31N3O. The molecule has 4 heteroatoms. The molecule has 1 rings (SSSR count). The Morgan fingerprint density at radius 1 is 1.26 bits per heavy atom. The minimum absolute atomic E-state index is 0.181. The van der Waals surface area contributed by atoms with E-state index >= 15 is 0 Å². The Morgan fingerprint density at radius 3 is 2.47 bits per heavy atom. The zero-order chi connectivity index (χ0) is 14.3. The van der Waals surface area contributed by atoms with Crippen LogP contribution in [0.25, 0.3) is 0 Å². The average molecular weight is 269 g/mol. The standard InChI is InChI=1S/C15H31N3O/c1-15(2,8-9-16)7-6-14(19)17(3)12-13-18-10-4-5-11-18/h4-13,16H2,1-3H3. The van der Waals surface area contributed by atoms with Crippen LogP contribution in [0.15, 0.2) is 0 Å². The molecule has 0 spiro atoms. The summed E-state index contributed by atoms with van der Waals surface area (Å²) in [4.78, 5) is 16.4. The Kier molecular flexibility index (Phi) is 6.80. The molecule has 0 aliphatic carbocycles. The van der Waals surface area contributed by atoms with Crippen molar-refractivity contribution >= 4 is 5.91 Å². The van der Waals surface area contributed by atoms with Crippen LogP contribution in [0.5, 0.6) is 0 Å². The van der Waals surface area contributed by atoms with Crippen LogP contribution in [-0.2, 0) is 4.79 Å². The Balaban J connectivity index is 2.20. The van der Waals surface area contributed by atoms with Gasteiger partial charge in [0.05, 0.1) is 0 Å². The minimum atomic E-state index is 0.181. The molecule has 0 bridgehead atoms. The number of carbonyl (C=O) groups excluding carboxylic acids is 1. The number of likely N-dealkylation sites (N-methyl/N-ethyl adjacent to an activating group) is 1. The number of nitrogens with two attached hydrogens (primary N) is 1. The number of carbonyl (C=O) groups is 1. The third-order valence-electron chi connectivity index (χ3n) is 4.21. The van der Waals surface area contributed by atoms with Gasteiger partial charge in [0.1, 0.15) is 0 Å². The SMILES string of the molecule is CN(CCN1CCCC1)C(=O)CCC(C)(C)CCN. The van der Waals surface area contributed by atoms with E-state index in [2.05, 4.69) is 18.7 Å². The fourth-order valence-electron chi connectivity index (χ4n) is 2.57. The van der Waals surface area contributed by atoms with E-state index in [-0.39, 0.29) is 11.3 Å². The number of hydrogen-bond donors (Lipinski definition) is 1.